The third-order valence-electron chi connectivity index (χ3n) is 1.94. The summed E-state index contributed by atoms with van der Waals surface area (Å²) in [4.78, 5) is 0. The summed E-state index contributed by atoms with van der Waals surface area (Å²) in [5.41, 5.74) is 2.51. The monoisotopic (exact) mass is 214 g/mol. The predicted molar refractivity (Wildman–Crippen MR) is 75.4 cm³/mol. The topological polar surface area (TPSA) is 0 Å². The van der Waals surface area contributed by atoms with Gasteiger partial charge < -0.3 is 0 Å². The Bertz CT molecular complexity index is 328. The van der Waals surface area contributed by atoms with Crippen molar-refractivity contribution in [3.05, 3.63) is 66.8 Å². The second kappa shape index (κ2) is 9.97. The van der Waals surface area contributed by atoms with E-state index in [1.807, 2.05) is 26.0 Å². The van der Waals surface area contributed by atoms with Gasteiger partial charge in [0.1, 0.15) is 0 Å². The Hall–Kier alpha value is -1.56. The lowest BCUT2D eigenvalue weighted by molar-refractivity contribution is 1.23. The van der Waals surface area contributed by atoms with Crippen molar-refractivity contribution in [1.29, 1.82) is 0 Å². The molecule has 0 heterocycles. The van der Waals surface area contributed by atoms with Gasteiger partial charge in [0.25, 0.3) is 0 Å². The second-order valence-electron chi connectivity index (χ2n) is 3.03. The fourth-order valence-electron chi connectivity index (χ4n) is 1.30. The van der Waals surface area contributed by atoms with Crippen molar-refractivity contribution >= 4 is 5.57 Å². The zero-order valence-electron chi connectivity index (χ0n) is 10.6. The standard InChI is InChI=1S/C14H16.C2H6/c1-3-5-10-13(9-4-2)14-11-7-6-8-12-14;1-2/h3,5-12H,1,4H2,2H3;1-2H3/b10-5-,13-9+;. The van der Waals surface area contributed by atoms with E-state index in [-0.39, 0.29) is 0 Å². The maximum atomic E-state index is 3.67. The summed E-state index contributed by atoms with van der Waals surface area (Å²) in [6, 6.07) is 10.4. The van der Waals surface area contributed by atoms with Gasteiger partial charge >= 0.3 is 0 Å². The Morgan fingerprint density at radius 2 is 1.81 bits per heavy atom. The van der Waals surface area contributed by atoms with Crippen molar-refractivity contribution in [2.24, 2.45) is 0 Å². The molecule has 86 valence electrons. The van der Waals surface area contributed by atoms with Crippen molar-refractivity contribution in [2.75, 3.05) is 0 Å². The Labute approximate surface area is 100 Å². The highest BCUT2D eigenvalue weighted by molar-refractivity contribution is 5.74. The number of rotatable bonds is 4. The maximum Gasteiger partial charge on any atom is -0.0187 e. The van der Waals surface area contributed by atoms with E-state index in [9.17, 15) is 0 Å². The van der Waals surface area contributed by atoms with E-state index in [4.69, 9.17) is 0 Å². The van der Waals surface area contributed by atoms with Crippen LogP contribution in [0.5, 0.6) is 0 Å². The fourth-order valence-corrected chi connectivity index (χ4v) is 1.30. The Balaban J connectivity index is 0.00000106. The Morgan fingerprint density at radius 3 is 2.31 bits per heavy atom. The molecule has 0 aliphatic rings. The summed E-state index contributed by atoms with van der Waals surface area (Å²) in [7, 11) is 0. The van der Waals surface area contributed by atoms with Crippen LogP contribution in [0.1, 0.15) is 32.8 Å². The van der Waals surface area contributed by atoms with Crippen LogP contribution in [0.15, 0.2) is 61.2 Å². The fraction of sp³-hybridized carbons (Fsp3) is 0.250. The minimum absolute atomic E-state index is 1.05. The van der Waals surface area contributed by atoms with E-state index >= 15 is 0 Å². The normalized spacial score (nSPS) is 10.8. The van der Waals surface area contributed by atoms with Gasteiger partial charge in [0.2, 0.25) is 0 Å². The maximum absolute atomic E-state index is 3.67. The SMILES string of the molecule is C=C/C=C\C(=C/CC)c1ccccc1.CC. The number of hydrogen-bond donors (Lipinski definition) is 0. The minimum Gasteiger partial charge on any atom is -0.0991 e. The molecule has 0 radical (unpaired) electrons. The van der Waals surface area contributed by atoms with Crippen molar-refractivity contribution < 1.29 is 0 Å². The van der Waals surface area contributed by atoms with Crippen LogP contribution in [0, 0.1) is 0 Å². The van der Waals surface area contributed by atoms with Gasteiger partial charge in [0.15, 0.2) is 0 Å². The summed E-state index contributed by atoms with van der Waals surface area (Å²) in [6.45, 7) is 9.82. The van der Waals surface area contributed by atoms with Crippen molar-refractivity contribution in [3.8, 4) is 0 Å². The average molecular weight is 214 g/mol. The van der Waals surface area contributed by atoms with E-state index in [0.717, 1.165) is 6.42 Å². The van der Waals surface area contributed by atoms with E-state index < -0.39 is 0 Å². The highest BCUT2D eigenvalue weighted by Gasteiger charge is 1.93. The first-order valence-electron chi connectivity index (χ1n) is 5.93. The van der Waals surface area contributed by atoms with E-state index in [1.165, 1.54) is 11.1 Å². The molecule has 1 aromatic rings. The first kappa shape index (κ1) is 14.4. The van der Waals surface area contributed by atoms with Gasteiger partial charge in [-0.05, 0) is 17.6 Å². The molecule has 1 rings (SSSR count). The predicted octanol–water partition coefficient (Wildman–Crippen LogP) is 5.25. The second-order valence-corrected chi connectivity index (χ2v) is 3.03. The molecule has 0 aliphatic carbocycles. The smallest absolute Gasteiger partial charge is 0.0187 e. The molecule has 0 nitrogen and oxygen atoms in total. The van der Waals surface area contributed by atoms with Crippen LogP contribution in [0.4, 0.5) is 0 Å². The van der Waals surface area contributed by atoms with Gasteiger partial charge in [0.05, 0.1) is 0 Å². The molecule has 0 heteroatoms. The average Bonchev–Trinajstić information content (AvgIpc) is 2.38. The molecule has 0 bridgehead atoms. The van der Waals surface area contributed by atoms with Crippen LogP contribution in [0.2, 0.25) is 0 Å². The minimum atomic E-state index is 1.05. The van der Waals surface area contributed by atoms with Gasteiger partial charge in [-0.15, -0.1) is 0 Å². The van der Waals surface area contributed by atoms with Gasteiger partial charge in [-0.1, -0.05) is 82.0 Å². The van der Waals surface area contributed by atoms with Gasteiger partial charge in [-0.25, -0.2) is 0 Å². The highest BCUT2D eigenvalue weighted by atomic mass is 14.0. The molecule has 0 fully saturated rings. The van der Waals surface area contributed by atoms with Crippen LogP contribution in [-0.2, 0) is 0 Å². The summed E-state index contributed by atoms with van der Waals surface area (Å²) < 4.78 is 0. The van der Waals surface area contributed by atoms with Crippen LogP contribution in [0.3, 0.4) is 0 Å². The van der Waals surface area contributed by atoms with Crippen LogP contribution in [0.25, 0.3) is 5.57 Å². The Kier molecular flexibility index (Phi) is 9.00. The zero-order chi connectivity index (χ0) is 12.2. The van der Waals surface area contributed by atoms with E-state index in [0.29, 0.717) is 0 Å². The van der Waals surface area contributed by atoms with Crippen LogP contribution < -0.4 is 0 Å². The van der Waals surface area contributed by atoms with E-state index in [1.54, 1.807) is 6.08 Å². The van der Waals surface area contributed by atoms with Crippen molar-refractivity contribution in [3.63, 3.8) is 0 Å². The third-order valence-corrected chi connectivity index (χ3v) is 1.94. The molecular formula is C16H22. The molecular weight excluding hydrogens is 192 g/mol. The van der Waals surface area contributed by atoms with Gasteiger partial charge in [-0.3, -0.25) is 0 Å². The summed E-state index contributed by atoms with van der Waals surface area (Å²) >= 11 is 0. The Morgan fingerprint density at radius 1 is 1.19 bits per heavy atom. The molecule has 16 heavy (non-hydrogen) atoms. The molecule has 1 aromatic carbocycles. The zero-order valence-corrected chi connectivity index (χ0v) is 10.6. The lowest BCUT2D eigenvalue weighted by Gasteiger charge is -2.01. The summed E-state index contributed by atoms with van der Waals surface area (Å²) in [6.07, 6.45) is 9.12. The molecule has 0 saturated carbocycles. The quantitative estimate of drug-likeness (QED) is 0.601. The lowest BCUT2D eigenvalue weighted by Crippen LogP contribution is -1.79. The molecule has 0 atom stereocenters. The molecule has 0 spiro atoms. The molecule has 0 saturated heterocycles. The largest absolute Gasteiger partial charge is 0.0991 e. The third kappa shape index (κ3) is 5.35. The lowest BCUT2D eigenvalue weighted by atomic mass is 10.0. The molecule has 0 amide bonds. The van der Waals surface area contributed by atoms with Crippen LogP contribution >= 0.6 is 0 Å². The molecule has 0 N–H and O–H groups in total. The summed E-state index contributed by atoms with van der Waals surface area (Å²) in [5.74, 6) is 0. The van der Waals surface area contributed by atoms with Crippen molar-refractivity contribution in [1.82, 2.24) is 0 Å². The van der Waals surface area contributed by atoms with Crippen LogP contribution in [-0.4, -0.2) is 0 Å². The number of benzene rings is 1. The number of allylic oxidation sites excluding steroid dienone is 5. The first-order valence-corrected chi connectivity index (χ1v) is 5.93. The van der Waals surface area contributed by atoms with Gasteiger partial charge in [0, 0.05) is 0 Å². The molecule has 0 aromatic heterocycles. The molecule has 0 unspecified atom stereocenters. The number of hydrogen-bond acceptors (Lipinski definition) is 0. The first-order chi connectivity index (χ1) is 7.88. The highest BCUT2D eigenvalue weighted by Crippen LogP contribution is 2.15. The van der Waals surface area contributed by atoms with Gasteiger partial charge in [-0.2, -0.15) is 0 Å². The van der Waals surface area contributed by atoms with Crippen molar-refractivity contribution in [2.45, 2.75) is 27.2 Å². The van der Waals surface area contributed by atoms with E-state index in [2.05, 4.69) is 49.9 Å². The summed E-state index contributed by atoms with van der Waals surface area (Å²) in [5, 5.41) is 0. The molecule has 0 aliphatic heterocycles.